The van der Waals surface area contributed by atoms with E-state index in [0.717, 1.165) is 0 Å². The first-order valence-corrected chi connectivity index (χ1v) is 2.82. The van der Waals surface area contributed by atoms with Gasteiger partial charge in [0.25, 0.3) is 0 Å². The fraction of sp³-hybridized carbons (Fsp3) is 1.00. The maximum atomic E-state index is 10.0. The summed E-state index contributed by atoms with van der Waals surface area (Å²) in [6, 6.07) is 0. The molecule has 0 unspecified atom stereocenters. The molecule has 0 spiro atoms. The zero-order chi connectivity index (χ0) is 5.70. The molecule has 0 aromatic rings. The van der Waals surface area contributed by atoms with Crippen LogP contribution in [0.4, 0.5) is 0 Å². The second-order valence-corrected chi connectivity index (χ2v) is 1.78. The van der Waals surface area contributed by atoms with E-state index in [4.69, 9.17) is 0 Å². The molecule has 0 aliphatic rings. The summed E-state index contributed by atoms with van der Waals surface area (Å²) in [7, 11) is 0.191. The first-order valence-electron chi connectivity index (χ1n) is 1.60. The van der Waals surface area contributed by atoms with Crippen LogP contribution in [0.1, 0.15) is 0 Å². The topological polar surface area (TPSA) is 44.8 Å². The molecule has 46 valence electrons. The third-order valence-electron chi connectivity index (χ3n) is 0.318. The second-order valence-electron chi connectivity index (χ2n) is 0.704. The van der Waals surface area contributed by atoms with Crippen molar-refractivity contribution in [1.29, 1.82) is 0 Å². The van der Waals surface area contributed by atoms with Crippen LogP contribution in [0.25, 0.3) is 0 Å². The molecule has 7 heteroatoms. The van der Waals surface area contributed by atoms with Crippen molar-refractivity contribution in [3.63, 3.8) is 0 Å². The standard InChI is InChI=1S/C2H6O4Si.2Na.2H/c1-4-6-7(3)5-2;;;;/h1-2H3;;;;. The zero-order valence-electron chi connectivity index (χ0n) is 4.13. The molecule has 0 atom stereocenters. The molecule has 4 nitrogen and oxygen atoms in total. The summed E-state index contributed by atoms with van der Waals surface area (Å²) >= 11 is 0. The Morgan fingerprint density at radius 2 is 1.67 bits per heavy atom. The Balaban J connectivity index is -0.000000180. The van der Waals surface area contributed by atoms with Gasteiger partial charge in [-0.2, -0.15) is 0 Å². The van der Waals surface area contributed by atoms with E-state index in [2.05, 4.69) is 13.9 Å². The Hall–Kier alpha value is 1.58. The van der Waals surface area contributed by atoms with Crippen molar-refractivity contribution in [3.05, 3.63) is 0 Å². The predicted molar refractivity (Wildman–Crippen MR) is 35.8 cm³/mol. The third kappa shape index (κ3) is 12.7. The van der Waals surface area contributed by atoms with Gasteiger partial charge >= 0.3 is 68.3 Å². The third-order valence-corrected chi connectivity index (χ3v) is 0.954. The van der Waals surface area contributed by atoms with E-state index in [0.29, 0.717) is 0 Å². The molecule has 0 bridgehead atoms. The summed E-state index contributed by atoms with van der Waals surface area (Å²) in [6.45, 7) is 0. The van der Waals surface area contributed by atoms with E-state index in [1.807, 2.05) is 0 Å². The van der Waals surface area contributed by atoms with Gasteiger partial charge in [0.15, 0.2) is 0 Å². The molecule has 9 heavy (non-hydrogen) atoms. The summed E-state index contributed by atoms with van der Waals surface area (Å²) in [5.41, 5.74) is 0. The molecular weight excluding hydrogens is 162 g/mol. The fourth-order valence-electron chi connectivity index (χ4n) is 0.102. The van der Waals surface area contributed by atoms with Crippen molar-refractivity contribution in [2.24, 2.45) is 0 Å². The van der Waals surface area contributed by atoms with Crippen LogP contribution in [-0.4, -0.2) is 82.5 Å². The van der Waals surface area contributed by atoms with Crippen LogP contribution in [-0.2, 0) is 18.4 Å². The van der Waals surface area contributed by atoms with E-state index in [-0.39, 0.29) is 59.1 Å². The molecule has 0 saturated heterocycles. The van der Waals surface area contributed by atoms with Crippen molar-refractivity contribution in [1.82, 2.24) is 0 Å². The zero-order valence-corrected chi connectivity index (χ0v) is 5.13. The van der Waals surface area contributed by atoms with Gasteiger partial charge in [-0.05, 0) is 0 Å². The summed E-state index contributed by atoms with van der Waals surface area (Å²) in [4.78, 5) is 4.00. The fourth-order valence-corrected chi connectivity index (χ4v) is 0.306. The SMILES string of the molecule is COO[Si](=O)OC.[NaH].[NaH]. The quantitative estimate of drug-likeness (QED) is 0.288. The molecule has 0 amide bonds. The van der Waals surface area contributed by atoms with Gasteiger partial charge in [-0.25, -0.2) is 4.89 Å². The van der Waals surface area contributed by atoms with Crippen molar-refractivity contribution < 1.29 is 18.4 Å². The van der Waals surface area contributed by atoms with E-state index in [1.54, 1.807) is 0 Å². The minimum atomic E-state index is -2.35. The molecule has 0 saturated carbocycles. The Bertz CT molecular complexity index is 69.6. The molecule has 0 aliphatic carbocycles. The summed E-state index contributed by atoms with van der Waals surface area (Å²) in [6.07, 6.45) is 0. The second kappa shape index (κ2) is 12.3. The average Bonchev–Trinajstić information content (AvgIpc) is 1.68. The van der Waals surface area contributed by atoms with E-state index in [9.17, 15) is 4.46 Å². The molecular formula is C2H8Na2O4Si. The van der Waals surface area contributed by atoms with Gasteiger partial charge in [0.1, 0.15) is 0 Å². The molecule has 0 radical (unpaired) electrons. The van der Waals surface area contributed by atoms with Crippen molar-refractivity contribution in [2.45, 2.75) is 0 Å². The summed E-state index contributed by atoms with van der Waals surface area (Å²) in [5.74, 6) is 0. The van der Waals surface area contributed by atoms with E-state index in [1.165, 1.54) is 14.2 Å². The van der Waals surface area contributed by atoms with Gasteiger partial charge in [0.2, 0.25) is 0 Å². The summed E-state index contributed by atoms with van der Waals surface area (Å²) < 4.78 is 18.2. The van der Waals surface area contributed by atoms with Crippen LogP contribution < -0.4 is 0 Å². The van der Waals surface area contributed by atoms with Gasteiger partial charge < -0.3 is 9.00 Å². The maximum absolute atomic E-state index is 10.0. The van der Waals surface area contributed by atoms with Crippen LogP contribution in [0, 0.1) is 0 Å². The van der Waals surface area contributed by atoms with Crippen molar-refractivity contribution in [2.75, 3.05) is 14.2 Å². The van der Waals surface area contributed by atoms with Crippen molar-refractivity contribution in [3.8, 4) is 0 Å². The van der Waals surface area contributed by atoms with Crippen LogP contribution >= 0.6 is 0 Å². The first kappa shape index (κ1) is 16.9. The molecule has 0 aromatic heterocycles. The molecule has 0 aliphatic heterocycles. The average molecular weight is 170 g/mol. The Kier molecular flexibility index (Phi) is 23.0. The molecule has 0 heterocycles. The van der Waals surface area contributed by atoms with E-state index >= 15 is 0 Å². The number of rotatable bonds is 3. The van der Waals surface area contributed by atoms with Gasteiger partial charge in [-0.15, -0.1) is 0 Å². The van der Waals surface area contributed by atoms with Crippen LogP contribution in [0.15, 0.2) is 0 Å². The predicted octanol–water partition coefficient (Wildman–Crippen LogP) is -1.67. The van der Waals surface area contributed by atoms with Crippen LogP contribution in [0.5, 0.6) is 0 Å². The molecule has 0 rings (SSSR count). The van der Waals surface area contributed by atoms with Crippen LogP contribution in [0.2, 0.25) is 0 Å². The monoisotopic (exact) mass is 170 g/mol. The van der Waals surface area contributed by atoms with Gasteiger partial charge in [0, 0.05) is 0 Å². The Labute approximate surface area is 99.7 Å². The Morgan fingerprint density at radius 3 is 1.78 bits per heavy atom. The molecule has 0 aromatic carbocycles. The number of hydrogen-bond acceptors (Lipinski definition) is 4. The first-order chi connectivity index (χ1) is 3.31. The summed E-state index contributed by atoms with van der Waals surface area (Å²) in [5, 5.41) is 0. The van der Waals surface area contributed by atoms with E-state index < -0.39 is 9.17 Å². The molecule has 0 fully saturated rings. The Morgan fingerprint density at radius 1 is 1.22 bits per heavy atom. The number of hydrogen-bond donors (Lipinski definition) is 0. The van der Waals surface area contributed by atoms with Crippen LogP contribution in [0.3, 0.4) is 0 Å². The minimum absolute atomic E-state index is 0. The van der Waals surface area contributed by atoms with Gasteiger partial charge in [-0.1, -0.05) is 0 Å². The normalized spacial score (nSPS) is 6.00. The van der Waals surface area contributed by atoms with Crippen molar-refractivity contribution >= 4 is 68.3 Å². The van der Waals surface area contributed by atoms with Gasteiger partial charge in [0.05, 0.1) is 14.2 Å². The van der Waals surface area contributed by atoms with Gasteiger partial charge in [-0.3, -0.25) is 4.46 Å². The molecule has 0 N–H and O–H groups in total.